The summed E-state index contributed by atoms with van der Waals surface area (Å²) >= 11 is 0. The summed E-state index contributed by atoms with van der Waals surface area (Å²) in [7, 11) is 0. The maximum Gasteiger partial charge on any atom is 0.323 e. The molecule has 4 heteroatoms. The number of amides is 2. The van der Waals surface area contributed by atoms with Gasteiger partial charge in [0.05, 0.1) is 11.4 Å². The number of hydrogen-bond donors (Lipinski definition) is 3. The zero-order chi connectivity index (χ0) is 10.4. The van der Waals surface area contributed by atoms with Crippen molar-refractivity contribution in [1.29, 1.82) is 0 Å². The minimum atomic E-state index is -0.209. The second kappa shape index (κ2) is 2.63. The monoisotopic (exact) mass is 199 g/mol. The Morgan fingerprint density at radius 3 is 2.53 bits per heavy atom. The number of urea groups is 1. The van der Waals surface area contributed by atoms with E-state index in [4.69, 9.17) is 5.73 Å². The van der Waals surface area contributed by atoms with Gasteiger partial charge in [0.2, 0.25) is 0 Å². The van der Waals surface area contributed by atoms with E-state index in [9.17, 15) is 4.79 Å². The molecule has 1 aliphatic heterocycles. The van der Waals surface area contributed by atoms with Crippen LogP contribution in [-0.4, -0.2) is 6.03 Å². The van der Waals surface area contributed by atoms with Crippen LogP contribution in [0.1, 0.15) is 0 Å². The number of carbonyl (C=O) groups excluding carboxylic acids is 1. The summed E-state index contributed by atoms with van der Waals surface area (Å²) in [4.78, 5) is 11.3. The molecule has 4 N–H and O–H groups in total. The SMILES string of the molecule is Nc1ccc2c3c(cccc13)NC(=O)N2. The second-order valence-corrected chi connectivity index (χ2v) is 3.51. The Balaban J connectivity index is 2.47. The predicted molar refractivity (Wildman–Crippen MR) is 61.0 cm³/mol. The first-order valence-corrected chi connectivity index (χ1v) is 4.65. The molecule has 2 aromatic rings. The van der Waals surface area contributed by atoms with Gasteiger partial charge in [-0.3, -0.25) is 0 Å². The lowest BCUT2D eigenvalue weighted by Crippen LogP contribution is -2.23. The third kappa shape index (κ3) is 1.05. The highest BCUT2D eigenvalue weighted by Crippen LogP contribution is 2.36. The Kier molecular flexibility index (Phi) is 1.42. The van der Waals surface area contributed by atoms with Crippen LogP contribution in [0, 0.1) is 0 Å². The highest BCUT2D eigenvalue weighted by atomic mass is 16.2. The highest BCUT2D eigenvalue weighted by Gasteiger charge is 2.16. The van der Waals surface area contributed by atoms with E-state index in [-0.39, 0.29) is 6.03 Å². The molecule has 0 fully saturated rings. The largest absolute Gasteiger partial charge is 0.398 e. The molecule has 1 heterocycles. The van der Waals surface area contributed by atoms with Crippen molar-refractivity contribution in [2.45, 2.75) is 0 Å². The standard InChI is InChI=1S/C11H9N3O/c12-7-4-5-9-10-6(7)2-1-3-8(10)13-11(15)14-9/h1-5H,12H2,(H2,13,14,15). The van der Waals surface area contributed by atoms with Crippen LogP contribution in [-0.2, 0) is 0 Å². The first-order valence-electron chi connectivity index (χ1n) is 4.65. The van der Waals surface area contributed by atoms with Crippen molar-refractivity contribution in [2.75, 3.05) is 16.4 Å². The number of benzene rings is 2. The second-order valence-electron chi connectivity index (χ2n) is 3.51. The lowest BCUT2D eigenvalue weighted by molar-refractivity contribution is 0.262. The molecule has 0 aliphatic carbocycles. The van der Waals surface area contributed by atoms with Crippen LogP contribution in [0.2, 0.25) is 0 Å². The summed E-state index contributed by atoms with van der Waals surface area (Å²) in [6.07, 6.45) is 0. The summed E-state index contributed by atoms with van der Waals surface area (Å²) in [5, 5.41) is 7.42. The van der Waals surface area contributed by atoms with E-state index < -0.39 is 0 Å². The molecule has 2 amide bonds. The molecule has 0 bridgehead atoms. The van der Waals surface area contributed by atoms with Gasteiger partial charge in [-0.2, -0.15) is 0 Å². The van der Waals surface area contributed by atoms with Crippen LogP contribution < -0.4 is 16.4 Å². The molecule has 15 heavy (non-hydrogen) atoms. The van der Waals surface area contributed by atoms with E-state index in [2.05, 4.69) is 10.6 Å². The molecule has 0 spiro atoms. The van der Waals surface area contributed by atoms with Crippen molar-refractivity contribution in [3.05, 3.63) is 30.3 Å². The zero-order valence-electron chi connectivity index (χ0n) is 7.87. The summed E-state index contributed by atoms with van der Waals surface area (Å²) in [5.74, 6) is 0. The molecule has 0 atom stereocenters. The topological polar surface area (TPSA) is 67.1 Å². The summed E-state index contributed by atoms with van der Waals surface area (Å²) < 4.78 is 0. The number of carbonyl (C=O) groups is 1. The van der Waals surface area contributed by atoms with Gasteiger partial charge in [0, 0.05) is 16.5 Å². The number of nitrogen functional groups attached to an aromatic ring is 1. The van der Waals surface area contributed by atoms with E-state index in [0.717, 1.165) is 22.1 Å². The molecule has 2 aromatic carbocycles. The van der Waals surface area contributed by atoms with E-state index >= 15 is 0 Å². The number of hydrogen-bond acceptors (Lipinski definition) is 2. The molecular weight excluding hydrogens is 190 g/mol. The maximum absolute atomic E-state index is 11.3. The maximum atomic E-state index is 11.3. The van der Waals surface area contributed by atoms with E-state index in [0.29, 0.717) is 5.69 Å². The molecule has 0 saturated heterocycles. The van der Waals surface area contributed by atoms with Gasteiger partial charge in [0.25, 0.3) is 0 Å². The first-order chi connectivity index (χ1) is 7.25. The molecule has 74 valence electrons. The average Bonchev–Trinajstić information content (AvgIpc) is 2.23. The fourth-order valence-corrected chi connectivity index (χ4v) is 1.91. The van der Waals surface area contributed by atoms with Gasteiger partial charge in [-0.05, 0) is 18.2 Å². The van der Waals surface area contributed by atoms with Crippen molar-refractivity contribution >= 4 is 33.9 Å². The molecule has 0 saturated carbocycles. The van der Waals surface area contributed by atoms with Crippen LogP contribution in [0.5, 0.6) is 0 Å². The predicted octanol–water partition coefficient (Wildman–Crippen LogP) is 2.38. The molecule has 4 nitrogen and oxygen atoms in total. The van der Waals surface area contributed by atoms with Crippen molar-refractivity contribution in [1.82, 2.24) is 0 Å². The smallest absolute Gasteiger partial charge is 0.323 e. The van der Waals surface area contributed by atoms with Gasteiger partial charge < -0.3 is 16.4 Å². The van der Waals surface area contributed by atoms with Crippen molar-refractivity contribution in [3.63, 3.8) is 0 Å². The molecular formula is C11H9N3O. The first kappa shape index (κ1) is 8.11. The minimum absolute atomic E-state index is 0.209. The fourth-order valence-electron chi connectivity index (χ4n) is 1.91. The number of anilines is 3. The van der Waals surface area contributed by atoms with Crippen molar-refractivity contribution in [3.8, 4) is 0 Å². The lowest BCUT2D eigenvalue weighted by Gasteiger charge is -2.19. The van der Waals surface area contributed by atoms with Gasteiger partial charge in [-0.1, -0.05) is 12.1 Å². The van der Waals surface area contributed by atoms with E-state index in [1.165, 1.54) is 0 Å². The molecule has 0 radical (unpaired) electrons. The minimum Gasteiger partial charge on any atom is -0.398 e. The van der Waals surface area contributed by atoms with Gasteiger partial charge >= 0.3 is 6.03 Å². The third-order valence-corrected chi connectivity index (χ3v) is 2.57. The molecule has 3 rings (SSSR count). The Morgan fingerprint density at radius 1 is 1.00 bits per heavy atom. The summed E-state index contributed by atoms with van der Waals surface area (Å²) in [5.41, 5.74) is 8.19. The van der Waals surface area contributed by atoms with Gasteiger partial charge in [-0.15, -0.1) is 0 Å². The molecule has 1 aliphatic rings. The number of rotatable bonds is 0. The lowest BCUT2D eigenvalue weighted by atomic mass is 10.0. The fraction of sp³-hybridized carbons (Fsp3) is 0. The summed E-state index contributed by atoms with van der Waals surface area (Å²) in [6.45, 7) is 0. The van der Waals surface area contributed by atoms with Crippen molar-refractivity contribution < 1.29 is 4.79 Å². The Bertz CT molecular complexity index is 563. The Hall–Kier alpha value is -2.23. The quantitative estimate of drug-likeness (QED) is 0.570. The van der Waals surface area contributed by atoms with Crippen LogP contribution in [0.25, 0.3) is 10.8 Å². The van der Waals surface area contributed by atoms with E-state index in [1.54, 1.807) is 6.07 Å². The van der Waals surface area contributed by atoms with Gasteiger partial charge in [-0.25, -0.2) is 4.79 Å². The van der Waals surface area contributed by atoms with Crippen molar-refractivity contribution in [2.24, 2.45) is 0 Å². The average molecular weight is 199 g/mol. The number of nitrogens with two attached hydrogens (primary N) is 1. The Labute approximate surface area is 86.1 Å². The van der Waals surface area contributed by atoms with Gasteiger partial charge in [0.1, 0.15) is 0 Å². The van der Waals surface area contributed by atoms with Crippen LogP contribution in [0.15, 0.2) is 30.3 Å². The molecule has 0 unspecified atom stereocenters. The van der Waals surface area contributed by atoms with Crippen LogP contribution >= 0.6 is 0 Å². The van der Waals surface area contributed by atoms with Gasteiger partial charge in [0.15, 0.2) is 0 Å². The Morgan fingerprint density at radius 2 is 1.73 bits per heavy atom. The molecule has 0 aromatic heterocycles. The van der Waals surface area contributed by atoms with Crippen LogP contribution in [0.4, 0.5) is 21.9 Å². The summed E-state index contributed by atoms with van der Waals surface area (Å²) in [6, 6.07) is 9.09. The van der Waals surface area contributed by atoms with E-state index in [1.807, 2.05) is 24.3 Å². The number of nitrogens with one attached hydrogen (secondary N) is 2. The zero-order valence-corrected chi connectivity index (χ0v) is 7.87. The van der Waals surface area contributed by atoms with Crippen LogP contribution in [0.3, 0.4) is 0 Å². The normalized spacial score (nSPS) is 13.5. The highest BCUT2D eigenvalue weighted by molar-refractivity contribution is 6.19. The third-order valence-electron chi connectivity index (χ3n) is 2.57.